The van der Waals surface area contributed by atoms with Crippen LogP contribution >= 0.6 is 46.0 Å². The van der Waals surface area contributed by atoms with Crippen molar-refractivity contribution in [2.45, 2.75) is 32.3 Å². The van der Waals surface area contributed by atoms with Gasteiger partial charge in [0.15, 0.2) is 11.5 Å². The van der Waals surface area contributed by atoms with E-state index >= 15 is 0 Å². The van der Waals surface area contributed by atoms with Crippen molar-refractivity contribution >= 4 is 69.1 Å². The van der Waals surface area contributed by atoms with Gasteiger partial charge < -0.3 is 14.4 Å². The fourth-order valence-electron chi connectivity index (χ4n) is 4.04. The van der Waals surface area contributed by atoms with Gasteiger partial charge in [0.1, 0.15) is 13.2 Å². The Kier molecular flexibility index (Phi) is 9.19. The van der Waals surface area contributed by atoms with Crippen LogP contribution in [-0.4, -0.2) is 53.6 Å². The first-order valence-electron chi connectivity index (χ1n) is 11.6. The Bertz CT molecular complexity index is 1180. The van der Waals surface area contributed by atoms with E-state index in [1.165, 1.54) is 7.11 Å². The molecule has 0 atom stereocenters. The number of likely N-dealkylation sites (tertiary alicyclic amines) is 1. The number of thioether (sulfide) groups is 1. The number of ether oxygens (including phenoxy) is 2. The number of imide groups is 1. The molecule has 0 saturated carbocycles. The summed E-state index contributed by atoms with van der Waals surface area (Å²) >= 11 is 9.55. The van der Waals surface area contributed by atoms with Crippen molar-refractivity contribution in [3.05, 3.63) is 61.0 Å². The molecule has 0 spiro atoms. The molecule has 0 aliphatic carbocycles. The summed E-state index contributed by atoms with van der Waals surface area (Å²) in [4.78, 5) is 41.2. The molecule has 7 nitrogen and oxygen atoms in total. The molecule has 36 heavy (non-hydrogen) atoms. The van der Waals surface area contributed by atoms with E-state index in [-0.39, 0.29) is 17.4 Å². The predicted molar refractivity (Wildman–Crippen MR) is 149 cm³/mol. The zero-order valence-corrected chi connectivity index (χ0v) is 23.5. The molecule has 0 unspecified atom stereocenters. The van der Waals surface area contributed by atoms with Crippen molar-refractivity contribution in [3.8, 4) is 11.5 Å². The van der Waals surface area contributed by atoms with Crippen molar-refractivity contribution in [1.29, 1.82) is 0 Å². The van der Waals surface area contributed by atoms with Crippen molar-refractivity contribution in [2.75, 3.05) is 26.7 Å². The lowest BCUT2D eigenvalue weighted by Gasteiger charge is -2.22. The molecule has 0 aromatic heterocycles. The molecule has 10 heteroatoms. The van der Waals surface area contributed by atoms with Crippen LogP contribution in [0.15, 0.2) is 41.3 Å². The number of hydrogen-bond donors (Lipinski definition) is 0. The Morgan fingerprint density at radius 3 is 2.47 bits per heavy atom. The van der Waals surface area contributed by atoms with E-state index in [1.54, 1.807) is 23.1 Å². The van der Waals surface area contributed by atoms with Crippen LogP contribution in [-0.2, 0) is 16.2 Å². The Morgan fingerprint density at radius 2 is 1.81 bits per heavy atom. The fourth-order valence-corrected chi connectivity index (χ4v) is 5.51. The molecule has 4 rings (SSSR count). The summed E-state index contributed by atoms with van der Waals surface area (Å²) in [5, 5.41) is -0.133. The van der Waals surface area contributed by atoms with E-state index in [4.69, 9.17) is 21.1 Å². The maximum Gasteiger partial charge on any atom is 0.294 e. The Hall–Kier alpha value is -2.24. The first-order chi connectivity index (χ1) is 17.4. The second-order valence-electron chi connectivity index (χ2n) is 8.51. The second-order valence-corrected chi connectivity index (χ2v) is 11.2. The van der Waals surface area contributed by atoms with Gasteiger partial charge in [-0.25, -0.2) is 0 Å². The van der Waals surface area contributed by atoms with Crippen LogP contribution in [0.5, 0.6) is 11.5 Å². The van der Waals surface area contributed by atoms with Crippen LogP contribution in [0.3, 0.4) is 0 Å². The van der Waals surface area contributed by atoms with E-state index in [0.717, 1.165) is 51.5 Å². The zero-order valence-electron chi connectivity index (χ0n) is 19.8. The highest BCUT2D eigenvalue weighted by Gasteiger charge is 2.37. The van der Waals surface area contributed by atoms with E-state index in [2.05, 4.69) is 22.6 Å². The van der Waals surface area contributed by atoms with Crippen LogP contribution in [0, 0.1) is 3.57 Å². The van der Waals surface area contributed by atoms with Crippen LogP contribution in [0.25, 0.3) is 6.08 Å². The van der Waals surface area contributed by atoms with Gasteiger partial charge in [0.05, 0.1) is 17.0 Å². The van der Waals surface area contributed by atoms with Crippen molar-refractivity contribution in [3.63, 3.8) is 0 Å². The van der Waals surface area contributed by atoms with Crippen molar-refractivity contribution < 1.29 is 23.9 Å². The molecule has 2 aromatic rings. The van der Waals surface area contributed by atoms with Gasteiger partial charge in [0.25, 0.3) is 11.1 Å². The van der Waals surface area contributed by atoms with Gasteiger partial charge in [-0.05, 0) is 88.7 Å². The molecule has 2 aliphatic heterocycles. The molecular formula is C26H26ClIN2O5S. The molecule has 2 fully saturated rings. The molecule has 0 N–H and O–H groups in total. The second kappa shape index (κ2) is 12.3. The van der Waals surface area contributed by atoms with Crippen LogP contribution in [0.1, 0.15) is 36.8 Å². The van der Waals surface area contributed by atoms with Crippen molar-refractivity contribution in [1.82, 2.24) is 9.80 Å². The quantitative estimate of drug-likeness (QED) is 0.274. The molecule has 3 amide bonds. The van der Waals surface area contributed by atoms with Gasteiger partial charge in [-0.15, -0.1) is 0 Å². The average molecular weight is 641 g/mol. The highest BCUT2D eigenvalue weighted by Crippen LogP contribution is 2.39. The van der Waals surface area contributed by atoms with Crippen LogP contribution in [0.4, 0.5) is 4.79 Å². The van der Waals surface area contributed by atoms with Gasteiger partial charge in [0, 0.05) is 16.7 Å². The van der Waals surface area contributed by atoms with Gasteiger partial charge in [0.2, 0.25) is 5.91 Å². The van der Waals surface area contributed by atoms with E-state index in [0.29, 0.717) is 41.8 Å². The average Bonchev–Trinajstić information content (AvgIpc) is 3.05. The smallest absolute Gasteiger partial charge is 0.294 e. The van der Waals surface area contributed by atoms with Crippen molar-refractivity contribution in [2.24, 2.45) is 0 Å². The van der Waals surface area contributed by atoms with E-state index in [9.17, 15) is 14.4 Å². The number of nitrogens with zero attached hydrogens (tertiary/aromatic N) is 2. The molecular weight excluding hydrogens is 615 g/mol. The fraction of sp³-hybridized carbons (Fsp3) is 0.346. The third kappa shape index (κ3) is 6.54. The minimum atomic E-state index is -0.484. The summed E-state index contributed by atoms with van der Waals surface area (Å²) in [5.74, 6) is 0.128. The number of halogens is 2. The van der Waals surface area contributed by atoms with Crippen LogP contribution < -0.4 is 9.47 Å². The first kappa shape index (κ1) is 26.8. The first-order valence-corrected chi connectivity index (χ1v) is 13.9. The maximum absolute atomic E-state index is 13.0. The molecule has 2 saturated heterocycles. The van der Waals surface area contributed by atoms with E-state index < -0.39 is 11.1 Å². The summed E-state index contributed by atoms with van der Waals surface area (Å²) in [6, 6.07) is 11.3. The minimum Gasteiger partial charge on any atom is -0.493 e. The maximum atomic E-state index is 13.0. The molecule has 190 valence electrons. The predicted octanol–water partition coefficient (Wildman–Crippen LogP) is 5.97. The van der Waals surface area contributed by atoms with Gasteiger partial charge in [-0.1, -0.05) is 36.6 Å². The van der Waals surface area contributed by atoms with Gasteiger partial charge >= 0.3 is 0 Å². The third-order valence-electron chi connectivity index (χ3n) is 5.97. The third-order valence-corrected chi connectivity index (χ3v) is 7.88. The molecule has 2 heterocycles. The van der Waals surface area contributed by atoms with Gasteiger partial charge in [-0.3, -0.25) is 19.3 Å². The Morgan fingerprint density at radius 1 is 1.11 bits per heavy atom. The highest BCUT2D eigenvalue weighted by molar-refractivity contribution is 14.1. The lowest BCUT2D eigenvalue weighted by molar-refractivity contribution is -0.135. The molecule has 0 bridgehead atoms. The zero-order chi connectivity index (χ0) is 25.7. The normalized spacial score (nSPS) is 17.5. The number of carbonyl (C=O) groups excluding carboxylic acids is 3. The number of rotatable bonds is 7. The van der Waals surface area contributed by atoms with Gasteiger partial charge in [-0.2, -0.15) is 0 Å². The molecule has 2 aromatic carbocycles. The molecule has 2 aliphatic rings. The Balaban J connectivity index is 1.47. The number of amides is 3. The highest BCUT2D eigenvalue weighted by atomic mass is 127. The summed E-state index contributed by atoms with van der Waals surface area (Å²) in [6.07, 6.45) is 5.66. The molecule has 0 radical (unpaired) electrons. The minimum absolute atomic E-state index is 0.195. The standard InChI is InChI=1S/C26H26ClIN2O5S/c1-34-21-13-18(12-20(27)24(21)35-16-17-6-8-19(28)9-7-17)14-22-25(32)30(26(33)36-22)15-23(31)29-10-4-2-3-5-11-29/h6-9,12-14H,2-5,10-11,15-16H2,1H3. The Labute approximate surface area is 233 Å². The monoisotopic (exact) mass is 640 g/mol. The summed E-state index contributed by atoms with van der Waals surface area (Å²) in [6.45, 7) is 1.41. The number of benzene rings is 2. The number of methoxy groups -OCH3 is 1. The lowest BCUT2D eigenvalue weighted by Crippen LogP contribution is -2.42. The number of hydrogen-bond acceptors (Lipinski definition) is 6. The van der Waals surface area contributed by atoms with Crippen LogP contribution in [0.2, 0.25) is 5.02 Å². The topological polar surface area (TPSA) is 76.2 Å². The summed E-state index contributed by atoms with van der Waals surface area (Å²) in [7, 11) is 1.51. The summed E-state index contributed by atoms with van der Waals surface area (Å²) < 4.78 is 12.5. The van der Waals surface area contributed by atoms with E-state index in [1.807, 2.05) is 24.3 Å². The summed E-state index contributed by atoms with van der Waals surface area (Å²) in [5.41, 5.74) is 1.57. The number of carbonyl (C=O) groups is 3. The SMILES string of the molecule is COc1cc(C=C2SC(=O)N(CC(=O)N3CCCCCC3)C2=O)cc(Cl)c1OCc1ccc(I)cc1. The lowest BCUT2D eigenvalue weighted by atomic mass is 10.1. The largest absolute Gasteiger partial charge is 0.493 e.